The highest BCUT2D eigenvalue weighted by atomic mass is 16.5. The van der Waals surface area contributed by atoms with E-state index in [9.17, 15) is 4.79 Å². The first-order valence-corrected chi connectivity index (χ1v) is 9.07. The molecule has 26 heavy (non-hydrogen) atoms. The lowest BCUT2D eigenvalue weighted by atomic mass is 9.94. The van der Waals surface area contributed by atoms with Gasteiger partial charge in [0, 0.05) is 11.1 Å². The summed E-state index contributed by atoms with van der Waals surface area (Å²) in [5, 5.41) is 4.69. The van der Waals surface area contributed by atoms with Crippen LogP contribution in [-0.2, 0) is 18.4 Å². The molecular formula is C20H20N4O2. The molecule has 0 radical (unpaired) electrons. The van der Waals surface area contributed by atoms with Crippen LogP contribution in [0.4, 0.5) is 0 Å². The number of nitrogens with zero attached hydrogens (tertiary/aromatic N) is 4. The van der Waals surface area contributed by atoms with Crippen molar-refractivity contribution in [1.29, 1.82) is 0 Å². The summed E-state index contributed by atoms with van der Waals surface area (Å²) in [6, 6.07) is 6.00. The Morgan fingerprint density at radius 2 is 1.96 bits per heavy atom. The fourth-order valence-corrected chi connectivity index (χ4v) is 3.93. The summed E-state index contributed by atoms with van der Waals surface area (Å²) in [6.07, 6.45) is 3.70. The normalized spacial score (nSPS) is 17.2. The second kappa shape index (κ2) is 5.13. The van der Waals surface area contributed by atoms with Crippen LogP contribution in [-0.4, -0.2) is 19.6 Å². The predicted octanol–water partition coefficient (Wildman–Crippen LogP) is 2.97. The van der Waals surface area contributed by atoms with Gasteiger partial charge in [-0.15, -0.1) is 0 Å². The van der Waals surface area contributed by atoms with E-state index < -0.39 is 5.60 Å². The van der Waals surface area contributed by atoms with E-state index in [1.54, 1.807) is 0 Å². The van der Waals surface area contributed by atoms with Crippen molar-refractivity contribution in [2.45, 2.75) is 52.1 Å². The molecule has 6 nitrogen and oxygen atoms in total. The zero-order chi connectivity index (χ0) is 18.1. The molecule has 0 atom stereocenters. The molecule has 0 amide bonds. The molecule has 0 N–H and O–H groups in total. The zero-order valence-electron chi connectivity index (χ0n) is 15.2. The van der Waals surface area contributed by atoms with Gasteiger partial charge in [-0.1, -0.05) is 6.07 Å². The molecule has 5 rings (SSSR count). The van der Waals surface area contributed by atoms with E-state index >= 15 is 0 Å². The Balaban J connectivity index is 1.86. The summed E-state index contributed by atoms with van der Waals surface area (Å²) in [6.45, 7) is 5.97. The molecule has 0 saturated carbocycles. The van der Waals surface area contributed by atoms with Gasteiger partial charge in [-0.25, -0.2) is 9.97 Å². The van der Waals surface area contributed by atoms with E-state index in [0.29, 0.717) is 11.5 Å². The van der Waals surface area contributed by atoms with Crippen LogP contribution in [0.1, 0.15) is 49.2 Å². The number of fused-ring (bicyclic) bond motifs is 5. The summed E-state index contributed by atoms with van der Waals surface area (Å²) in [7, 11) is 0. The van der Waals surface area contributed by atoms with E-state index in [4.69, 9.17) is 9.72 Å². The molecule has 3 aromatic rings. The third-order valence-electron chi connectivity index (χ3n) is 5.28. The minimum absolute atomic E-state index is 0.0852. The van der Waals surface area contributed by atoms with Crippen molar-refractivity contribution in [2.75, 3.05) is 0 Å². The predicted molar refractivity (Wildman–Crippen MR) is 97.5 cm³/mol. The SMILES string of the molecule is Cc1ccc2c(c1)OC(C)(C)c1nc3nc4c(c(=O)n3nc1-2)CCCC4. The van der Waals surface area contributed by atoms with Crippen LogP contribution in [0, 0.1) is 6.92 Å². The highest BCUT2D eigenvalue weighted by molar-refractivity contribution is 5.72. The Bertz CT molecular complexity index is 1130. The lowest BCUT2D eigenvalue weighted by molar-refractivity contribution is 0.0996. The summed E-state index contributed by atoms with van der Waals surface area (Å²) in [5.74, 6) is 1.14. The van der Waals surface area contributed by atoms with Crippen LogP contribution >= 0.6 is 0 Å². The fraction of sp³-hybridized carbons (Fsp3) is 0.400. The van der Waals surface area contributed by atoms with Crippen molar-refractivity contribution in [3.63, 3.8) is 0 Å². The first kappa shape index (κ1) is 15.5. The highest BCUT2D eigenvalue weighted by Gasteiger charge is 2.36. The summed E-state index contributed by atoms with van der Waals surface area (Å²) < 4.78 is 7.57. The van der Waals surface area contributed by atoms with Gasteiger partial charge in [-0.3, -0.25) is 4.79 Å². The fourth-order valence-electron chi connectivity index (χ4n) is 3.93. The summed E-state index contributed by atoms with van der Waals surface area (Å²) in [4.78, 5) is 22.4. The second-order valence-electron chi connectivity index (χ2n) is 7.68. The van der Waals surface area contributed by atoms with Gasteiger partial charge in [0.15, 0.2) is 0 Å². The Hall–Kier alpha value is -2.76. The van der Waals surface area contributed by atoms with Gasteiger partial charge in [-0.2, -0.15) is 9.61 Å². The second-order valence-corrected chi connectivity index (χ2v) is 7.68. The molecule has 0 unspecified atom stereocenters. The van der Waals surface area contributed by atoms with Gasteiger partial charge >= 0.3 is 0 Å². The van der Waals surface area contributed by atoms with Crippen molar-refractivity contribution in [3.05, 3.63) is 51.1 Å². The van der Waals surface area contributed by atoms with E-state index in [1.165, 1.54) is 4.52 Å². The van der Waals surface area contributed by atoms with Crippen molar-refractivity contribution < 1.29 is 4.74 Å². The van der Waals surface area contributed by atoms with Crippen LogP contribution in [0.15, 0.2) is 23.0 Å². The molecule has 132 valence electrons. The number of hydrogen-bond acceptors (Lipinski definition) is 5. The number of hydrogen-bond donors (Lipinski definition) is 0. The lowest BCUT2D eigenvalue weighted by Gasteiger charge is -2.33. The lowest BCUT2D eigenvalue weighted by Crippen LogP contribution is -2.34. The Morgan fingerprint density at radius 3 is 2.81 bits per heavy atom. The highest BCUT2D eigenvalue weighted by Crippen LogP contribution is 2.43. The van der Waals surface area contributed by atoms with E-state index in [0.717, 1.165) is 59.5 Å². The average Bonchev–Trinajstić information content (AvgIpc) is 2.60. The van der Waals surface area contributed by atoms with Gasteiger partial charge in [0.05, 0.1) is 5.69 Å². The molecule has 0 saturated heterocycles. The van der Waals surface area contributed by atoms with E-state index in [1.807, 2.05) is 39.0 Å². The van der Waals surface area contributed by atoms with E-state index in [2.05, 4.69) is 10.1 Å². The largest absolute Gasteiger partial charge is 0.481 e. The number of ether oxygens (including phenoxy) is 1. The number of benzene rings is 1. The maximum Gasteiger partial charge on any atom is 0.279 e. The molecule has 3 heterocycles. The average molecular weight is 348 g/mol. The first-order chi connectivity index (χ1) is 12.4. The smallest absolute Gasteiger partial charge is 0.279 e. The first-order valence-electron chi connectivity index (χ1n) is 9.07. The van der Waals surface area contributed by atoms with Gasteiger partial charge in [-0.05, 0) is 64.2 Å². The molecule has 1 aliphatic heterocycles. The van der Waals surface area contributed by atoms with Gasteiger partial charge in [0.25, 0.3) is 11.3 Å². The molecular weight excluding hydrogens is 328 g/mol. The summed E-state index contributed by atoms with van der Waals surface area (Å²) in [5.41, 5.74) is 4.34. The quantitative estimate of drug-likeness (QED) is 0.625. The monoisotopic (exact) mass is 348 g/mol. The van der Waals surface area contributed by atoms with E-state index in [-0.39, 0.29) is 5.56 Å². The third kappa shape index (κ3) is 2.11. The van der Waals surface area contributed by atoms with Crippen molar-refractivity contribution in [1.82, 2.24) is 19.6 Å². The molecule has 0 bridgehead atoms. The maximum absolute atomic E-state index is 13.0. The minimum Gasteiger partial charge on any atom is -0.481 e. The minimum atomic E-state index is -0.640. The van der Waals surface area contributed by atoms with Crippen LogP contribution in [0.3, 0.4) is 0 Å². The van der Waals surface area contributed by atoms with Gasteiger partial charge in [0.1, 0.15) is 22.7 Å². The number of rotatable bonds is 0. The van der Waals surface area contributed by atoms with Gasteiger partial charge < -0.3 is 4.74 Å². The number of aromatic nitrogens is 4. The van der Waals surface area contributed by atoms with Crippen molar-refractivity contribution in [3.8, 4) is 17.0 Å². The van der Waals surface area contributed by atoms with Crippen LogP contribution in [0.25, 0.3) is 17.0 Å². The molecule has 0 fully saturated rings. The Kier molecular flexibility index (Phi) is 3.05. The van der Waals surface area contributed by atoms with Crippen LogP contribution in [0.2, 0.25) is 0 Å². The summed E-state index contributed by atoms with van der Waals surface area (Å²) >= 11 is 0. The topological polar surface area (TPSA) is 69.4 Å². The maximum atomic E-state index is 13.0. The molecule has 6 heteroatoms. The molecule has 0 spiro atoms. The van der Waals surface area contributed by atoms with Crippen LogP contribution in [0.5, 0.6) is 5.75 Å². The van der Waals surface area contributed by atoms with Crippen molar-refractivity contribution in [2.24, 2.45) is 0 Å². The van der Waals surface area contributed by atoms with Crippen molar-refractivity contribution >= 4 is 5.78 Å². The van der Waals surface area contributed by atoms with Crippen LogP contribution < -0.4 is 10.3 Å². The molecule has 2 aliphatic rings. The molecule has 1 aromatic carbocycles. The molecule has 1 aliphatic carbocycles. The molecule has 2 aromatic heterocycles. The van der Waals surface area contributed by atoms with Gasteiger partial charge in [0.2, 0.25) is 0 Å². The number of aryl methyl sites for hydroxylation is 2. The Morgan fingerprint density at radius 1 is 1.15 bits per heavy atom. The zero-order valence-corrected chi connectivity index (χ0v) is 15.2. The Labute approximate surface area is 150 Å². The third-order valence-corrected chi connectivity index (χ3v) is 5.28. The standard InChI is InChI=1S/C20H20N4O2/c1-11-8-9-13-15(10-11)26-20(2,3)17-16(13)23-24-18(25)12-6-4-5-7-14(12)21-19(24)22-17/h8-10H,4-7H2,1-3H3.